The summed E-state index contributed by atoms with van der Waals surface area (Å²) in [4.78, 5) is 10.7. The van der Waals surface area contributed by atoms with E-state index in [0.29, 0.717) is 11.8 Å². The third-order valence-corrected chi connectivity index (χ3v) is 11.9. The Kier molecular flexibility index (Phi) is 8.87. The lowest BCUT2D eigenvalue weighted by Gasteiger charge is -2.29. The van der Waals surface area contributed by atoms with Crippen LogP contribution in [0.2, 0.25) is 0 Å². The van der Waals surface area contributed by atoms with Gasteiger partial charge in [0.05, 0.1) is 11.4 Å². The molecule has 0 N–H and O–H groups in total. The Bertz CT molecular complexity index is 2290. The van der Waals surface area contributed by atoms with Crippen molar-refractivity contribution in [2.45, 2.75) is 59.8 Å². The zero-order valence-corrected chi connectivity index (χ0v) is 31.3. The lowest BCUT2D eigenvalue weighted by Crippen LogP contribution is -2.17. The number of nitrogens with zero attached hydrogens (tertiary/aromatic N) is 2. The third-order valence-electron chi connectivity index (χ3n) is 11.9. The van der Waals surface area contributed by atoms with Crippen LogP contribution in [-0.4, -0.2) is 11.5 Å². The second-order valence-corrected chi connectivity index (χ2v) is 15.4. The summed E-state index contributed by atoms with van der Waals surface area (Å²) in [7, 11) is 0. The van der Waals surface area contributed by atoms with Crippen molar-refractivity contribution >= 4 is 22.8 Å². The second-order valence-electron chi connectivity index (χ2n) is 15.4. The maximum absolute atomic E-state index is 5.42. The smallest absolute Gasteiger partial charge is 0.160 e. The topological polar surface area (TPSA) is 24.7 Å². The summed E-state index contributed by atoms with van der Waals surface area (Å²) >= 11 is 0. The van der Waals surface area contributed by atoms with Crippen LogP contribution in [0.5, 0.6) is 0 Å². The van der Waals surface area contributed by atoms with Gasteiger partial charge < -0.3 is 0 Å². The molecule has 5 aromatic carbocycles. The van der Waals surface area contributed by atoms with E-state index < -0.39 is 0 Å². The predicted molar refractivity (Wildman–Crippen MR) is 222 cm³/mol. The molecule has 2 heteroatoms. The van der Waals surface area contributed by atoms with E-state index in [1.54, 1.807) is 0 Å². The summed E-state index contributed by atoms with van der Waals surface area (Å²) in [6.07, 6.45) is 8.92. The zero-order valence-electron chi connectivity index (χ0n) is 31.3. The molecule has 0 spiro atoms. The van der Waals surface area contributed by atoms with Gasteiger partial charge in [-0.1, -0.05) is 174 Å². The van der Waals surface area contributed by atoms with E-state index in [0.717, 1.165) is 46.8 Å². The maximum atomic E-state index is 5.42. The van der Waals surface area contributed by atoms with E-state index in [9.17, 15) is 0 Å². The van der Waals surface area contributed by atoms with Crippen LogP contribution in [0.4, 0.5) is 0 Å². The Morgan fingerprint density at radius 3 is 2.00 bits per heavy atom. The van der Waals surface area contributed by atoms with Gasteiger partial charge in [0.1, 0.15) is 0 Å². The van der Waals surface area contributed by atoms with E-state index in [1.165, 1.54) is 50.1 Å². The van der Waals surface area contributed by atoms with Crippen LogP contribution in [-0.2, 0) is 5.41 Å². The van der Waals surface area contributed by atoms with E-state index in [-0.39, 0.29) is 11.3 Å². The van der Waals surface area contributed by atoms with Gasteiger partial charge in [-0.25, -0.2) is 9.98 Å². The van der Waals surface area contributed by atoms with Gasteiger partial charge in [0.25, 0.3) is 0 Å². The summed E-state index contributed by atoms with van der Waals surface area (Å²) in [5.74, 6) is 2.03. The first kappa shape index (κ1) is 33.8. The SMILES string of the molecule is CCC1C(C)=CC=C(c2ccc(C3=N/C(c4ccccc4)=C/CC(C)/C(c4ccc(-c5ccc6c(c5)C(C)(C)c5ccccc5-6)cc4)=N\3)cc2)C1C. The molecule has 1 aliphatic heterocycles. The molecule has 2 nitrogen and oxygen atoms in total. The molecule has 0 saturated carbocycles. The highest BCUT2D eigenvalue weighted by atomic mass is 14.9. The number of rotatable bonds is 6. The molecule has 0 aromatic heterocycles. The van der Waals surface area contributed by atoms with Gasteiger partial charge in [0.2, 0.25) is 0 Å². The van der Waals surface area contributed by atoms with Crippen molar-refractivity contribution in [1.82, 2.24) is 0 Å². The fraction of sp³-hybridized carbons (Fsp3) is 0.240. The average molecular weight is 677 g/mol. The van der Waals surface area contributed by atoms with Crippen LogP contribution >= 0.6 is 0 Å². The Hall–Kier alpha value is -5.34. The Morgan fingerprint density at radius 1 is 0.615 bits per heavy atom. The Balaban J connectivity index is 1.15. The standard InChI is InChI=1S/C50H48N2/c1-7-41-32(2)17-28-42(34(41)4)36-21-25-39(26-22-36)49-51-47(37-13-9-8-10-14-37)30-18-33(3)48(52-49)38-23-19-35(20-24-38)40-27-29-44-43-15-11-12-16-45(43)50(5,6)46(44)31-40/h8-17,19-31,33-34,41H,7,18H2,1-6H3/b47-30+,51-49-,52-48+. The number of hydrogen-bond acceptors (Lipinski definition) is 2. The van der Waals surface area contributed by atoms with Crippen molar-refractivity contribution in [3.8, 4) is 22.3 Å². The second kappa shape index (κ2) is 13.7. The molecule has 0 bridgehead atoms. The molecule has 0 saturated heterocycles. The molecule has 0 amide bonds. The van der Waals surface area contributed by atoms with Crippen molar-refractivity contribution in [2.24, 2.45) is 27.7 Å². The van der Waals surface area contributed by atoms with E-state index in [4.69, 9.17) is 9.98 Å². The van der Waals surface area contributed by atoms with Crippen molar-refractivity contribution < 1.29 is 0 Å². The van der Waals surface area contributed by atoms with Gasteiger partial charge in [0.15, 0.2) is 5.84 Å². The van der Waals surface area contributed by atoms with Gasteiger partial charge in [0, 0.05) is 16.9 Å². The number of benzene rings is 5. The van der Waals surface area contributed by atoms with Crippen molar-refractivity contribution in [2.75, 3.05) is 0 Å². The molecule has 0 radical (unpaired) electrons. The average Bonchev–Trinajstić information content (AvgIpc) is 3.40. The van der Waals surface area contributed by atoms with Gasteiger partial charge in [-0.2, -0.15) is 0 Å². The van der Waals surface area contributed by atoms with Crippen LogP contribution < -0.4 is 0 Å². The number of allylic oxidation sites excluding steroid dienone is 5. The Morgan fingerprint density at radius 2 is 1.25 bits per heavy atom. The predicted octanol–water partition coefficient (Wildman–Crippen LogP) is 13.0. The normalized spacial score (nSPS) is 23.7. The van der Waals surface area contributed by atoms with Gasteiger partial charge in [-0.05, 0) is 93.3 Å². The number of fused-ring (bicyclic) bond motifs is 3. The molecular weight excluding hydrogens is 629 g/mol. The first-order valence-corrected chi connectivity index (χ1v) is 19.0. The van der Waals surface area contributed by atoms with Crippen LogP contribution in [0, 0.1) is 17.8 Å². The monoisotopic (exact) mass is 676 g/mol. The molecular formula is C50H48N2. The summed E-state index contributed by atoms with van der Waals surface area (Å²) in [6.45, 7) is 13.9. The van der Waals surface area contributed by atoms with Gasteiger partial charge in [-0.3, -0.25) is 0 Å². The summed E-state index contributed by atoms with van der Waals surface area (Å²) in [5, 5.41) is 0. The van der Waals surface area contributed by atoms with Crippen molar-refractivity contribution in [1.29, 1.82) is 0 Å². The molecule has 5 aromatic rings. The number of aliphatic imine (C=N–C) groups is 2. The lowest BCUT2D eigenvalue weighted by atomic mass is 9.75. The summed E-state index contributed by atoms with van der Waals surface area (Å²) in [5.41, 5.74) is 17.4. The number of hydrogen-bond donors (Lipinski definition) is 0. The minimum absolute atomic E-state index is 0.0232. The van der Waals surface area contributed by atoms with Gasteiger partial charge >= 0.3 is 0 Å². The fourth-order valence-electron chi connectivity index (χ4n) is 8.75. The third kappa shape index (κ3) is 6.05. The van der Waals surface area contributed by atoms with Crippen LogP contribution in [0.25, 0.3) is 33.5 Å². The Labute approximate surface area is 310 Å². The molecule has 2 aliphatic carbocycles. The first-order chi connectivity index (χ1) is 25.2. The van der Waals surface area contributed by atoms with Gasteiger partial charge in [-0.15, -0.1) is 0 Å². The fourth-order valence-corrected chi connectivity index (χ4v) is 8.75. The van der Waals surface area contributed by atoms with Crippen molar-refractivity contribution in [3.05, 3.63) is 179 Å². The quantitative estimate of drug-likeness (QED) is 0.171. The highest BCUT2D eigenvalue weighted by Crippen LogP contribution is 2.49. The molecule has 0 fully saturated rings. The molecule has 3 unspecified atom stereocenters. The maximum Gasteiger partial charge on any atom is 0.160 e. The van der Waals surface area contributed by atoms with E-state index in [2.05, 4.69) is 181 Å². The van der Waals surface area contributed by atoms with Crippen LogP contribution in [0.3, 0.4) is 0 Å². The zero-order chi connectivity index (χ0) is 36.0. The lowest BCUT2D eigenvalue weighted by molar-refractivity contribution is 0.478. The van der Waals surface area contributed by atoms with Crippen LogP contribution in [0.1, 0.15) is 87.8 Å². The molecule has 8 rings (SSSR count). The van der Waals surface area contributed by atoms with E-state index in [1.807, 2.05) is 0 Å². The van der Waals surface area contributed by atoms with E-state index >= 15 is 0 Å². The van der Waals surface area contributed by atoms with Crippen molar-refractivity contribution in [3.63, 3.8) is 0 Å². The molecule has 3 atom stereocenters. The molecule has 258 valence electrons. The highest BCUT2D eigenvalue weighted by molar-refractivity contribution is 6.14. The first-order valence-electron chi connectivity index (χ1n) is 19.0. The minimum atomic E-state index is -0.0232. The molecule has 52 heavy (non-hydrogen) atoms. The summed E-state index contributed by atoms with van der Waals surface area (Å²) in [6, 6.07) is 44.3. The number of amidine groups is 1. The minimum Gasteiger partial charge on any atom is -0.232 e. The summed E-state index contributed by atoms with van der Waals surface area (Å²) < 4.78 is 0. The molecule has 1 heterocycles. The largest absolute Gasteiger partial charge is 0.232 e. The van der Waals surface area contributed by atoms with Crippen LogP contribution in [0.15, 0.2) is 155 Å². The highest BCUT2D eigenvalue weighted by Gasteiger charge is 2.35. The molecule has 3 aliphatic rings.